The molecule has 1 aromatic heterocycles. The first kappa shape index (κ1) is 19.3. The Hall–Kier alpha value is -2.50. The van der Waals surface area contributed by atoms with E-state index in [4.69, 9.17) is 0 Å². The van der Waals surface area contributed by atoms with E-state index in [-0.39, 0.29) is 5.75 Å². The van der Waals surface area contributed by atoms with Crippen molar-refractivity contribution in [2.75, 3.05) is 0 Å². The molecular formula is C22H24N2O2S. The predicted octanol–water partition coefficient (Wildman–Crippen LogP) is 4.18. The lowest BCUT2D eigenvalue weighted by molar-refractivity contribution is 0.400. The number of aromatic nitrogens is 1. The van der Waals surface area contributed by atoms with Crippen LogP contribution < -0.4 is 0 Å². The zero-order chi connectivity index (χ0) is 19.1. The summed E-state index contributed by atoms with van der Waals surface area (Å²) in [5.41, 5.74) is 3.88. The molecule has 0 aliphatic carbocycles. The summed E-state index contributed by atoms with van der Waals surface area (Å²) < 4.78 is 27.8. The van der Waals surface area contributed by atoms with Gasteiger partial charge in [-0.05, 0) is 34.7 Å². The number of nitrogens with zero attached hydrogens (tertiary/aromatic N) is 2. The van der Waals surface area contributed by atoms with Crippen LogP contribution in [0.25, 0.3) is 0 Å². The van der Waals surface area contributed by atoms with Crippen LogP contribution in [0.3, 0.4) is 0 Å². The topological polar surface area (TPSA) is 50.3 Å². The predicted molar refractivity (Wildman–Crippen MR) is 108 cm³/mol. The number of rotatable bonds is 8. The third-order valence-corrected chi connectivity index (χ3v) is 6.20. The molecule has 3 aromatic rings. The second-order valence-corrected chi connectivity index (χ2v) is 8.51. The molecule has 0 fully saturated rings. The molecule has 0 N–H and O–H groups in total. The van der Waals surface area contributed by atoms with Crippen molar-refractivity contribution in [2.45, 2.75) is 32.2 Å². The van der Waals surface area contributed by atoms with Crippen LogP contribution in [0.5, 0.6) is 0 Å². The minimum absolute atomic E-state index is 0.0128. The molecule has 0 saturated heterocycles. The van der Waals surface area contributed by atoms with Gasteiger partial charge in [0.2, 0.25) is 10.0 Å². The standard InChI is InChI=1S/C22H24N2O2S/c1-2-19-10-12-20(13-11-19)16-24(17-22-9-6-14-23-15-22)27(25,26)18-21-7-4-3-5-8-21/h3-15H,2,16-18H2,1H3. The van der Waals surface area contributed by atoms with E-state index in [2.05, 4.69) is 24.0 Å². The second-order valence-electron chi connectivity index (χ2n) is 6.54. The number of aryl methyl sites for hydroxylation is 1. The molecular weight excluding hydrogens is 356 g/mol. The zero-order valence-electron chi connectivity index (χ0n) is 15.5. The Kier molecular flexibility index (Phi) is 6.37. The zero-order valence-corrected chi connectivity index (χ0v) is 16.3. The highest BCUT2D eigenvalue weighted by Gasteiger charge is 2.23. The summed E-state index contributed by atoms with van der Waals surface area (Å²) in [5.74, 6) is -0.0128. The van der Waals surface area contributed by atoms with Crippen LogP contribution in [-0.4, -0.2) is 17.7 Å². The van der Waals surface area contributed by atoms with Gasteiger partial charge >= 0.3 is 0 Å². The fraction of sp³-hybridized carbons (Fsp3) is 0.227. The summed E-state index contributed by atoms with van der Waals surface area (Å²) in [6, 6.07) is 21.2. The van der Waals surface area contributed by atoms with Gasteiger partial charge in [0, 0.05) is 25.5 Å². The Morgan fingerprint density at radius 2 is 1.41 bits per heavy atom. The highest BCUT2D eigenvalue weighted by molar-refractivity contribution is 7.88. The van der Waals surface area contributed by atoms with Crippen molar-refractivity contribution in [1.29, 1.82) is 0 Å². The molecule has 2 aromatic carbocycles. The third kappa shape index (κ3) is 5.49. The van der Waals surface area contributed by atoms with Gasteiger partial charge in [0.05, 0.1) is 5.75 Å². The minimum Gasteiger partial charge on any atom is -0.264 e. The highest BCUT2D eigenvalue weighted by atomic mass is 32.2. The summed E-state index contributed by atoms with van der Waals surface area (Å²) >= 11 is 0. The Morgan fingerprint density at radius 3 is 2.04 bits per heavy atom. The normalized spacial score (nSPS) is 11.6. The van der Waals surface area contributed by atoms with E-state index in [9.17, 15) is 8.42 Å². The maximum atomic E-state index is 13.1. The number of hydrogen-bond acceptors (Lipinski definition) is 3. The van der Waals surface area contributed by atoms with Gasteiger partial charge in [-0.25, -0.2) is 8.42 Å². The van der Waals surface area contributed by atoms with Crippen LogP contribution in [0.4, 0.5) is 0 Å². The van der Waals surface area contributed by atoms with Gasteiger partial charge in [0.25, 0.3) is 0 Å². The van der Waals surface area contributed by atoms with Crippen LogP contribution >= 0.6 is 0 Å². The van der Waals surface area contributed by atoms with Crippen LogP contribution in [0.15, 0.2) is 79.1 Å². The monoisotopic (exact) mass is 380 g/mol. The lowest BCUT2D eigenvalue weighted by Crippen LogP contribution is -2.31. The molecule has 5 heteroatoms. The quantitative estimate of drug-likeness (QED) is 0.589. The molecule has 1 heterocycles. The van der Waals surface area contributed by atoms with Crippen molar-refractivity contribution in [3.05, 3.63) is 101 Å². The van der Waals surface area contributed by atoms with E-state index in [0.29, 0.717) is 13.1 Å². The Labute approximate surface area is 161 Å². The maximum Gasteiger partial charge on any atom is 0.218 e. The molecule has 0 saturated carbocycles. The van der Waals surface area contributed by atoms with Crippen molar-refractivity contribution >= 4 is 10.0 Å². The fourth-order valence-electron chi connectivity index (χ4n) is 2.91. The summed E-state index contributed by atoms with van der Waals surface area (Å²) in [7, 11) is -3.48. The van der Waals surface area contributed by atoms with E-state index in [1.165, 1.54) is 9.87 Å². The first-order valence-corrected chi connectivity index (χ1v) is 10.7. The lowest BCUT2D eigenvalue weighted by atomic mass is 10.1. The largest absolute Gasteiger partial charge is 0.264 e. The van der Waals surface area contributed by atoms with Crippen molar-refractivity contribution in [1.82, 2.24) is 9.29 Å². The minimum atomic E-state index is -3.48. The van der Waals surface area contributed by atoms with Gasteiger partial charge in [-0.15, -0.1) is 0 Å². The number of hydrogen-bond donors (Lipinski definition) is 0. The Bertz CT molecular complexity index is 941. The number of benzene rings is 2. The number of pyridine rings is 1. The molecule has 4 nitrogen and oxygen atoms in total. The van der Waals surface area contributed by atoms with E-state index >= 15 is 0 Å². The van der Waals surface area contributed by atoms with Crippen molar-refractivity contribution in [3.8, 4) is 0 Å². The first-order valence-electron chi connectivity index (χ1n) is 9.05. The summed E-state index contributed by atoms with van der Waals surface area (Å²) in [6.07, 6.45) is 4.37. The van der Waals surface area contributed by atoms with Crippen molar-refractivity contribution in [2.24, 2.45) is 0 Å². The SMILES string of the molecule is CCc1ccc(CN(Cc2cccnc2)S(=O)(=O)Cc2ccccc2)cc1. The third-order valence-electron chi connectivity index (χ3n) is 4.46. The maximum absolute atomic E-state index is 13.1. The van der Waals surface area contributed by atoms with Gasteiger partial charge in [0.1, 0.15) is 0 Å². The smallest absolute Gasteiger partial charge is 0.218 e. The molecule has 0 spiro atoms. The summed E-state index contributed by atoms with van der Waals surface area (Å²) in [6.45, 7) is 2.75. The molecule has 0 unspecified atom stereocenters. The van der Waals surface area contributed by atoms with Gasteiger partial charge in [-0.2, -0.15) is 4.31 Å². The molecule has 0 aliphatic heterocycles. The molecule has 0 aliphatic rings. The molecule has 0 radical (unpaired) electrons. The van der Waals surface area contributed by atoms with Crippen molar-refractivity contribution in [3.63, 3.8) is 0 Å². The molecule has 3 rings (SSSR count). The fourth-order valence-corrected chi connectivity index (χ4v) is 4.40. The van der Waals surface area contributed by atoms with Crippen LogP contribution in [0, 0.1) is 0 Å². The highest BCUT2D eigenvalue weighted by Crippen LogP contribution is 2.18. The van der Waals surface area contributed by atoms with Crippen LogP contribution in [-0.2, 0) is 35.3 Å². The van der Waals surface area contributed by atoms with Gasteiger partial charge in [-0.1, -0.05) is 67.6 Å². The van der Waals surface area contributed by atoms with E-state index < -0.39 is 10.0 Å². The summed E-state index contributed by atoms with van der Waals surface area (Å²) in [5, 5.41) is 0. The van der Waals surface area contributed by atoms with Crippen molar-refractivity contribution < 1.29 is 8.42 Å². The lowest BCUT2D eigenvalue weighted by Gasteiger charge is -2.22. The first-order chi connectivity index (χ1) is 13.1. The molecule has 0 bridgehead atoms. The molecule has 0 amide bonds. The molecule has 140 valence electrons. The summed E-state index contributed by atoms with van der Waals surface area (Å²) in [4.78, 5) is 4.11. The van der Waals surface area contributed by atoms with Gasteiger partial charge in [-0.3, -0.25) is 4.98 Å². The van der Waals surface area contributed by atoms with Gasteiger partial charge < -0.3 is 0 Å². The average Bonchev–Trinajstić information content (AvgIpc) is 2.69. The van der Waals surface area contributed by atoms with E-state index in [0.717, 1.165) is 23.1 Å². The molecule has 0 atom stereocenters. The Balaban J connectivity index is 1.85. The number of sulfonamides is 1. The second kappa shape index (κ2) is 8.93. The average molecular weight is 381 g/mol. The molecule has 27 heavy (non-hydrogen) atoms. The van der Waals surface area contributed by atoms with Crippen LogP contribution in [0.1, 0.15) is 29.2 Å². The van der Waals surface area contributed by atoms with Crippen LogP contribution in [0.2, 0.25) is 0 Å². The van der Waals surface area contributed by atoms with E-state index in [1.54, 1.807) is 12.4 Å². The Morgan fingerprint density at radius 1 is 0.778 bits per heavy atom. The van der Waals surface area contributed by atoms with Gasteiger partial charge in [0.15, 0.2) is 0 Å². The van der Waals surface area contributed by atoms with E-state index in [1.807, 2.05) is 54.6 Å².